The number of para-hydroxylation sites is 1. The maximum atomic E-state index is 4.63. The van der Waals surface area contributed by atoms with Gasteiger partial charge in [-0.05, 0) is 57.5 Å². The second-order valence-electron chi connectivity index (χ2n) is 7.20. The van der Waals surface area contributed by atoms with E-state index >= 15 is 0 Å². The van der Waals surface area contributed by atoms with Crippen LogP contribution < -0.4 is 10.6 Å². The van der Waals surface area contributed by atoms with E-state index in [-0.39, 0.29) is 0 Å². The summed E-state index contributed by atoms with van der Waals surface area (Å²) < 4.78 is 2.01. The molecule has 1 atom stereocenters. The van der Waals surface area contributed by atoms with Gasteiger partial charge in [-0.1, -0.05) is 25.1 Å². The first-order valence-corrected chi connectivity index (χ1v) is 9.92. The predicted molar refractivity (Wildman–Crippen MR) is 112 cm³/mol. The summed E-state index contributed by atoms with van der Waals surface area (Å²) in [5.41, 5.74) is 4.48. The van der Waals surface area contributed by atoms with E-state index in [1.54, 1.807) is 0 Å². The van der Waals surface area contributed by atoms with Crippen LogP contribution >= 0.6 is 0 Å². The van der Waals surface area contributed by atoms with Crippen molar-refractivity contribution in [2.75, 3.05) is 26.7 Å². The van der Waals surface area contributed by atoms with E-state index < -0.39 is 0 Å². The number of nitrogens with one attached hydrogen (secondary N) is 2. The first-order chi connectivity index (χ1) is 13.1. The summed E-state index contributed by atoms with van der Waals surface area (Å²) in [6.45, 7) is 10.3. The molecule has 0 saturated carbocycles. The molecule has 0 bridgehead atoms. The highest BCUT2D eigenvalue weighted by Crippen LogP contribution is 2.17. The van der Waals surface area contributed by atoms with Crippen molar-refractivity contribution in [1.82, 2.24) is 25.3 Å². The molecular formula is C21H32N6. The van der Waals surface area contributed by atoms with Gasteiger partial charge in [-0.25, -0.2) is 4.68 Å². The molecule has 1 aliphatic rings. The molecule has 3 rings (SSSR count). The molecule has 27 heavy (non-hydrogen) atoms. The summed E-state index contributed by atoms with van der Waals surface area (Å²) in [4.78, 5) is 6.93. The average molecular weight is 369 g/mol. The van der Waals surface area contributed by atoms with Gasteiger partial charge in [0, 0.05) is 31.9 Å². The molecule has 2 aromatic rings. The fourth-order valence-electron chi connectivity index (χ4n) is 3.90. The van der Waals surface area contributed by atoms with Crippen molar-refractivity contribution in [3.05, 3.63) is 47.3 Å². The Morgan fingerprint density at radius 1 is 1.26 bits per heavy atom. The normalized spacial score (nSPS) is 18.1. The van der Waals surface area contributed by atoms with Gasteiger partial charge >= 0.3 is 0 Å². The van der Waals surface area contributed by atoms with Crippen molar-refractivity contribution >= 4 is 5.96 Å². The minimum atomic E-state index is 0.607. The van der Waals surface area contributed by atoms with Crippen LogP contribution in [0.2, 0.25) is 0 Å². The number of benzene rings is 1. The summed E-state index contributed by atoms with van der Waals surface area (Å²) in [6, 6.07) is 11.1. The van der Waals surface area contributed by atoms with E-state index in [0.717, 1.165) is 36.1 Å². The van der Waals surface area contributed by atoms with Crippen LogP contribution in [0.4, 0.5) is 0 Å². The fraction of sp³-hybridized carbons (Fsp3) is 0.524. The zero-order valence-electron chi connectivity index (χ0n) is 17.0. The summed E-state index contributed by atoms with van der Waals surface area (Å²) >= 11 is 0. The molecule has 0 spiro atoms. The van der Waals surface area contributed by atoms with Gasteiger partial charge in [0.05, 0.1) is 11.4 Å². The summed E-state index contributed by atoms with van der Waals surface area (Å²) in [5.74, 6) is 0.848. The second kappa shape index (κ2) is 9.04. The number of hydrogen-bond acceptors (Lipinski definition) is 3. The number of aromatic nitrogens is 2. The number of hydrogen-bond donors (Lipinski definition) is 2. The van der Waals surface area contributed by atoms with E-state index in [9.17, 15) is 0 Å². The van der Waals surface area contributed by atoms with E-state index in [1.165, 1.54) is 24.9 Å². The van der Waals surface area contributed by atoms with Gasteiger partial charge in [0.2, 0.25) is 0 Å². The SMILES string of the molecule is CCN1CCCC1CNC(=NC)NCc1ccccc1-n1nc(C)cc1C. The van der Waals surface area contributed by atoms with Gasteiger partial charge in [0.1, 0.15) is 0 Å². The Balaban J connectivity index is 1.63. The molecule has 0 aliphatic carbocycles. The Morgan fingerprint density at radius 3 is 2.78 bits per heavy atom. The standard InChI is InChI=1S/C21H32N6/c1-5-26-12-8-10-19(26)15-24-21(22-4)23-14-18-9-6-7-11-20(18)27-17(3)13-16(2)25-27/h6-7,9,11,13,19H,5,8,10,12,14-15H2,1-4H3,(H2,22,23,24). The summed E-state index contributed by atoms with van der Waals surface area (Å²) in [6.07, 6.45) is 2.56. The number of likely N-dealkylation sites (tertiary alicyclic amines) is 1. The van der Waals surface area contributed by atoms with Gasteiger partial charge in [0.15, 0.2) is 5.96 Å². The average Bonchev–Trinajstić information content (AvgIpc) is 3.27. The molecule has 1 aromatic heterocycles. The van der Waals surface area contributed by atoms with E-state index in [1.807, 2.05) is 18.7 Å². The minimum absolute atomic E-state index is 0.607. The van der Waals surface area contributed by atoms with Crippen LogP contribution in [0.25, 0.3) is 5.69 Å². The lowest BCUT2D eigenvalue weighted by atomic mass is 10.1. The molecule has 1 saturated heterocycles. The highest BCUT2D eigenvalue weighted by molar-refractivity contribution is 5.79. The number of rotatable bonds is 6. The molecule has 1 unspecified atom stereocenters. The number of likely N-dealkylation sites (N-methyl/N-ethyl adjacent to an activating group) is 1. The van der Waals surface area contributed by atoms with Crippen LogP contribution in [0, 0.1) is 13.8 Å². The predicted octanol–water partition coefficient (Wildman–Crippen LogP) is 2.64. The van der Waals surface area contributed by atoms with Crippen LogP contribution in [0.3, 0.4) is 0 Å². The smallest absolute Gasteiger partial charge is 0.191 e. The zero-order valence-corrected chi connectivity index (χ0v) is 17.0. The van der Waals surface area contributed by atoms with Crippen LogP contribution in [0.1, 0.15) is 36.7 Å². The Labute approximate surface area is 162 Å². The van der Waals surface area contributed by atoms with Crippen molar-refractivity contribution < 1.29 is 0 Å². The van der Waals surface area contributed by atoms with Gasteiger partial charge in [-0.3, -0.25) is 9.89 Å². The molecule has 2 heterocycles. The first-order valence-electron chi connectivity index (χ1n) is 9.92. The molecule has 1 aromatic carbocycles. The van der Waals surface area contributed by atoms with Gasteiger partial charge in [0.25, 0.3) is 0 Å². The van der Waals surface area contributed by atoms with Gasteiger partial charge < -0.3 is 10.6 Å². The van der Waals surface area contributed by atoms with Crippen LogP contribution in [0.5, 0.6) is 0 Å². The van der Waals surface area contributed by atoms with Crippen molar-refractivity contribution in [2.24, 2.45) is 4.99 Å². The largest absolute Gasteiger partial charge is 0.355 e. The zero-order chi connectivity index (χ0) is 19.2. The molecule has 0 radical (unpaired) electrons. The fourth-order valence-corrected chi connectivity index (χ4v) is 3.90. The molecule has 1 fully saturated rings. The lowest BCUT2D eigenvalue weighted by molar-refractivity contribution is 0.267. The van der Waals surface area contributed by atoms with Crippen LogP contribution in [0.15, 0.2) is 35.3 Å². The second-order valence-corrected chi connectivity index (χ2v) is 7.20. The van der Waals surface area contributed by atoms with Gasteiger partial charge in [-0.2, -0.15) is 5.10 Å². The van der Waals surface area contributed by atoms with Crippen molar-refractivity contribution in [3.63, 3.8) is 0 Å². The van der Waals surface area contributed by atoms with E-state index in [4.69, 9.17) is 0 Å². The van der Waals surface area contributed by atoms with E-state index in [2.05, 4.69) is 69.8 Å². The highest BCUT2D eigenvalue weighted by atomic mass is 15.3. The third kappa shape index (κ3) is 4.69. The lowest BCUT2D eigenvalue weighted by Crippen LogP contribution is -2.44. The summed E-state index contributed by atoms with van der Waals surface area (Å²) in [5, 5.41) is 11.6. The topological polar surface area (TPSA) is 57.5 Å². The number of aryl methyl sites for hydroxylation is 2. The van der Waals surface area contributed by atoms with Crippen LogP contribution in [-0.2, 0) is 6.54 Å². The number of guanidine groups is 1. The Bertz CT molecular complexity index is 779. The lowest BCUT2D eigenvalue weighted by Gasteiger charge is -2.24. The Morgan fingerprint density at radius 2 is 2.07 bits per heavy atom. The van der Waals surface area contributed by atoms with Crippen molar-refractivity contribution in [2.45, 2.75) is 46.2 Å². The van der Waals surface area contributed by atoms with E-state index in [0.29, 0.717) is 12.6 Å². The third-order valence-electron chi connectivity index (χ3n) is 5.31. The highest BCUT2D eigenvalue weighted by Gasteiger charge is 2.22. The molecule has 2 N–H and O–H groups in total. The summed E-state index contributed by atoms with van der Waals surface area (Å²) in [7, 11) is 1.83. The van der Waals surface area contributed by atoms with Crippen molar-refractivity contribution in [1.29, 1.82) is 0 Å². The first kappa shape index (κ1) is 19.4. The maximum Gasteiger partial charge on any atom is 0.191 e. The van der Waals surface area contributed by atoms with Gasteiger partial charge in [-0.15, -0.1) is 0 Å². The molecule has 6 nitrogen and oxygen atoms in total. The molecule has 1 aliphatic heterocycles. The quantitative estimate of drug-likeness (QED) is 0.608. The molecule has 6 heteroatoms. The van der Waals surface area contributed by atoms with Crippen molar-refractivity contribution in [3.8, 4) is 5.69 Å². The Kier molecular flexibility index (Phi) is 6.50. The molecule has 146 valence electrons. The number of nitrogens with zero attached hydrogens (tertiary/aromatic N) is 4. The molecule has 0 amide bonds. The minimum Gasteiger partial charge on any atom is -0.355 e. The maximum absolute atomic E-state index is 4.63. The number of aliphatic imine (C=N–C) groups is 1. The van der Waals surface area contributed by atoms with Crippen LogP contribution in [-0.4, -0.2) is 53.4 Å². The molecular weight excluding hydrogens is 336 g/mol. The monoisotopic (exact) mass is 368 g/mol. The Hall–Kier alpha value is -2.34. The third-order valence-corrected chi connectivity index (χ3v) is 5.31.